The molecule has 1 rings (SSSR count). The van der Waals surface area contributed by atoms with Crippen LogP contribution in [0, 0.1) is 17.3 Å². The van der Waals surface area contributed by atoms with Gasteiger partial charge in [0.15, 0.2) is 0 Å². The standard InChI is InChI=1S/C11H22O/c1-8-5-9(11(2,3)4)7-10(12)6-8/h8-10,12H,5-7H2,1-4H3. The molecule has 1 fully saturated rings. The molecule has 0 aromatic heterocycles. The van der Waals surface area contributed by atoms with E-state index >= 15 is 0 Å². The Morgan fingerprint density at radius 2 is 1.67 bits per heavy atom. The third kappa shape index (κ3) is 2.48. The van der Waals surface area contributed by atoms with E-state index in [1.54, 1.807) is 0 Å². The van der Waals surface area contributed by atoms with E-state index < -0.39 is 0 Å². The first-order chi connectivity index (χ1) is 5.39. The highest BCUT2D eigenvalue weighted by atomic mass is 16.3. The maximum Gasteiger partial charge on any atom is 0.0545 e. The fraction of sp³-hybridized carbons (Fsp3) is 1.00. The van der Waals surface area contributed by atoms with Crippen molar-refractivity contribution in [1.29, 1.82) is 0 Å². The van der Waals surface area contributed by atoms with Gasteiger partial charge in [0.1, 0.15) is 0 Å². The van der Waals surface area contributed by atoms with Crippen molar-refractivity contribution in [2.45, 2.75) is 53.1 Å². The Balaban J connectivity index is 2.55. The smallest absolute Gasteiger partial charge is 0.0545 e. The van der Waals surface area contributed by atoms with Crippen LogP contribution in [0.4, 0.5) is 0 Å². The predicted octanol–water partition coefficient (Wildman–Crippen LogP) is 2.83. The normalized spacial score (nSPS) is 38.2. The van der Waals surface area contributed by atoms with Gasteiger partial charge in [-0.2, -0.15) is 0 Å². The monoisotopic (exact) mass is 170 g/mol. The molecular weight excluding hydrogens is 148 g/mol. The molecule has 0 bridgehead atoms. The molecule has 1 saturated carbocycles. The van der Waals surface area contributed by atoms with Crippen LogP contribution in [0.15, 0.2) is 0 Å². The van der Waals surface area contributed by atoms with Crippen molar-refractivity contribution in [2.24, 2.45) is 17.3 Å². The van der Waals surface area contributed by atoms with Gasteiger partial charge in [0.05, 0.1) is 6.10 Å². The SMILES string of the molecule is CC1CC(O)CC(C(C)(C)C)C1. The van der Waals surface area contributed by atoms with Crippen LogP contribution in [0.2, 0.25) is 0 Å². The Bertz CT molecular complexity index is 136. The number of aliphatic hydroxyl groups is 1. The highest BCUT2D eigenvalue weighted by Crippen LogP contribution is 2.39. The van der Waals surface area contributed by atoms with Crippen LogP contribution in [0.3, 0.4) is 0 Å². The molecule has 0 aromatic rings. The Morgan fingerprint density at radius 3 is 2.08 bits per heavy atom. The van der Waals surface area contributed by atoms with E-state index in [-0.39, 0.29) is 6.10 Å². The van der Waals surface area contributed by atoms with Crippen molar-refractivity contribution in [2.75, 3.05) is 0 Å². The third-order valence-corrected chi connectivity index (χ3v) is 3.14. The first kappa shape index (κ1) is 10.0. The Kier molecular flexibility index (Phi) is 2.82. The summed E-state index contributed by atoms with van der Waals surface area (Å²) in [4.78, 5) is 0. The van der Waals surface area contributed by atoms with E-state index in [4.69, 9.17) is 0 Å². The largest absolute Gasteiger partial charge is 0.393 e. The molecule has 12 heavy (non-hydrogen) atoms. The molecule has 0 amide bonds. The Morgan fingerprint density at radius 1 is 1.08 bits per heavy atom. The fourth-order valence-electron chi connectivity index (χ4n) is 2.27. The first-order valence-electron chi connectivity index (χ1n) is 5.07. The van der Waals surface area contributed by atoms with E-state index in [1.807, 2.05) is 0 Å². The van der Waals surface area contributed by atoms with E-state index in [9.17, 15) is 5.11 Å². The summed E-state index contributed by atoms with van der Waals surface area (Å²) >= 11 is 0. The van der Waals surface area contributed by atoms with Gasteiger partial charge in [-0.25, -0.2) is 0 Å². The molecule has 1 aliphatic rings. The van der Waals surface area contributed by atoms with Crippen LogP contribution in [-0.2, 0) is 0 Å². The van der Waals surface area contributed by atoms with Gasteiger partial charge in [-0.05, 0) is 36.5 Å². The van der Waals surface area contributed by atoms with Gasteiger partial charge >= 0.3 is 0 Å². The number of aliphatic hydroxyl groups excluding tert-OH is 1. The van der Waals surface area contributed by atoms with Gasteiger partial charge in [-0.1, -0.05) is 27.7 Å². The fourth-order valence-corrected chi connectivity index (χ4v) is 2.27. The van der Waals surface area contributed by atoms with Crippen molar-refractivity contribution < 1.29 is 5.11 Å². The van der Waals surface area contributed by atoms with Crippen LogP contribution in [0.1, 0.15) is 47.0 Å². The zero-order valence-corrected chi connectivity index (χ0v) is 8.80. The molecular formula is C11H22O. The maximum absolute atomic E-state index is 9.61. The molecule has 72 valence electrons. The summed E-state index contributed by atoms with van der Waals surface area (Å²) < 4.78 is 0. The molecule has 0 heterocycles. The van der Waals surface area contributed by atoms with Gasteiger partial charge in [-0.15, -0.1) is 0 Å². The third-order valence-electron chi connectivity index (χ3n) is 3.14. The van der Waals surface area contributed by atoms with E-state index in [1.165, 1.54) is 6.42 Å². The lowest BCUT2D eigenvalue weighted by molar-refractivity contribution is 0.0343. The van der Waals surface area contributed by atoms with Crippen LogP contribution in [0.5, 0.6) is 0 Å². The van der Waals surface area contributed by atoms with Gasteiger partial charge in [0.25, 0.3) is 0 Å². The van der Waals surface area contributed by atoms with Crippen molar-refractivity contribution in [3.05, 3.63) is 0 Å². The molecule has 3 atom stereocenters. The van der Waals surface area contributed by atoms with Crippen molar-refractivity contribution >= 4 is 0 Å². The second-order valence-corrected chi connectivity index (χ2v) is 5.53. The highest BCUT2D eigenvalue weighted by Gasteiger charge is 2.32. The molecule has 0 aromatic carbocycles. The summed E-state index contributed by atoms with van der Waals surface area (Å²) in [5.74, 6) is 1.41. The molecule has 1 N–H and O–H groups in total. The van der Waals surface area contributed by atoms with Crippen LogP contribution in [-0.4, -0.2) is 11.2 Å². The lowest BCUT2D eigenvalue weighted by Crippen LogP contribution is -2.32. The van der Waals surface area contributed by atoms with Gasteiger partial charge in [-0.3, -0.25) is 0 Å². The van der Waals surface area contributed by atoms with Crippen LogP contribution in [0.25, 0.3) is 0 Å². The second-order valence-electron chi connectivity index (χ2n) is 5.53. The average molecular weight is 170 g/mol. The summed E-state index contributed by atoms with van der Waals surface area (Å²) in [5.41, 5.74) is 0.371. The van der Waals surface area contributed by atoms with Crippen LogP contribution < -0.4 is 0 Å². The molecule has 0 aliphatic heterocycles. The molecule has 1 heteroatoms. The second kappa shape index (κ2) is 3.37. The molecule has 1 aliphatic carbocycles. The predicted molar refractivity (Wildman–Crippen MR) is 52.0 cm³/mol. The minimum atomic E-state index is -0.0435. The summed E-state index contributed by atoms with van der Waals surface area (Å²) in [6.07, 6.45) is 3.26. The van der Waals surface area contributed by atoms with Gasteiger partial charge in [0, 0.05) is 0 Å². The minimum Gasteiger partial charge on any atom is -0.393 e. The van der Waals surface area contributed by atoms with Crippen molar-refractivity contribution in [3.63, 3.8) is 0 Å². The number of rotatable bonds is 0. The lowest BCUT2D eigenvalue weighted by Gasteiger charge is -2.38. The number of hydrogen-bond acceptors (Lipinski definition) is 1. The minimum absolute atomic E-state index is 0.0435. The zero-order valence-electron chi connectivity index (χ0n) is 8.80. The van der Waals surface area contributed by atoms with E-state index in [2.05, 4.69) is 27.7 Å². The van der Waals surface area contributed by atoms with Gasteiger partial charge in [0.2, 0.25) is 0 Å². The quantitative estimate of drug-likeness (QED) is 0.592. The average Bonchev–Trinajstić information content (AvgIpc) is 1.82. The summed E-state index contributed by atoms with van der Waals surface area (Å²) in [5, 5.41) is 9.61. The summed E-state index contributed by atoms with van der Waals surface area (Å²) in [6, 6.07) is 0. The van der Waals surface area contributed by atoms with Crippen LogP contribution >= 0.6 is 0 Å². The Hall–Kier alpha value is -0.0400. The number of hydrogen-bond donors (Lipinski definition) is 1. The van der Waals surface area contributed by atoms with E-state index in [0.717, 1.165) is 12.8 Å². The summed E-state index contributed by atoms with van der Waals surface area (Å²) in [7, 11) is 0. The maximum atomic E-state index is 9.61. The van der Waals surface area contributed by atoms with Crippen molar-refractivity contribution in [1.82, 2.24) is 0 Å². The topological polar surface area (TPSA) is 20.2 Å². The molecule has 1 nitrogen and oxygen atoms in total. The molecule has 0 radical (unpaired) electrons. The van der Waals surface area contributed by atoms with Gasteiger partial charge < -0.3 is 5.11 Å². The summed E-state index contributed by atoms with van der Waals surface area (Å²) in [6.45, 7) is 9.09. The highest BCUT2D eigenvalue weighted by molar-refractivity contribution is 4.83. The van der Waals surface area contributed by atoms with Crippen molar-refractivity contribution in [3.8, 4) is 0 Å². The first-order valence-corrected chi connectivity index (χ1v) is 5.07. The molecule has 0 saturated heterocycles. The lowest BCUT2D eigenvalue weighted by atomic mass is 9.69. The zero-order chi connectivity index (χ0) is 9.35. The molecule has 0 spiro atoms. The Labute approximate surface area is 76.2 Å². The molecule has 3 unspecified atom stereocenters. The van der Waals surface area contributed by atoms with E-state index in [0.29, 0.717) is 17.3 Å².